The van der Waals surface area contributed by atoms with Gasteiger partial charge in [-0.2, -0.15) is 0 Å². The van der Waals surface area contributed by atoms with Crippen LogP contribution in [0.1, 0.15) is 46.5 Å². The molecule has 1 N–H and O–H groups in total. The molecular formula is C15H33N3. The van der Waals surface area contributed by atoms with E-state index in [9.17, 15) is 0 Å². The lowest BCUT2D eigenvalue weighted by atomic mass is 10.1. The standard InChI is InChI=1S/C15H33N3/c1-4-11-18-12-7-8-15(9-13-18)16-10-14-17(5-2)6-3/h15-16H,4-14H2,1-3H3. The van der Waals surface area contributed by atoms with Crippen molar-refractivity contribution in [1.82, 2.24) is 15.1 Å². The Labute approximate surface area is 114 Å². The maximum atomic E-state index is 3.76. The third-order valence-electron chi connectivity index (χ3n) is 4.12. The van der Waals surface area contributed by atoms with Gasteiger partial charge in [0.25, 0.3) is 0 Å². The fourth-order valence-electron chi connectivity index (χ4n) is 2.87. The van der Waals surface area contributed by atoms with Crippen molar-refractivity contribution in [1.29, 1.82) is 0 Å². The summed E-state index contributed by atoms with van der Waals surface area (Å²) in [4.78, 5) is 5.12. The molecule has 1 aliphatic heterocycles. The van der Waals surface area contributed by atoms with Crippen molar-refractivity contribution in [2.24, 2.45) is 0 Å². The van der Waals surface area contributed by atoms with E-state index in [1.807, 2.05) is 0 Å². The molecule has 108 valence electrons. The predicted molar refractivity (Wildman–Crippen MR) is 80.2 cm³/mol. The Bertz CT molecular complexity index is 192. The summed E-state index contributed by atoms with van der Waals surface area (Å²) in [6, 6.07) is 0.752. The van der Waals surface area contributed by atoms with Gasteiger partial charge in [0.1, 0.15) is 0 Å². The van der Waals surface area contributed by atoms with Crippen LogP contribution in [0.4, 0.5) is 0 Å². The van der Waals surface area contributed by atoms with Crippen molar-refractivity contribution in [2.75, 3.05) is 45.8 Å². The van der Waals surface area contributed by atoms with Crippen molar-refractivity contribution in [3.63, 3.8) is 0 Å². The molecule has 0 aromatic heterocycles. The third-order valence-corrected chi connectivity index (χ3v) is 4.12. The Kier molecular flexibility index (Phi) is 8.64. The number of likely N-dealkylation sites (N-methyl/N-ethyl adjacent to an activating group) is 1. The van der Waals surface area contributed by atoms with Crippen LogP contribution in [0.25, 0.3) is 0 Å². The number of hydrogen-bond acceptors (Lipinski definition) is 3. The van der Waals surface area contributed by atoms with E-state index in [1.165, 1.54) is 65.0 Å². The van der Waals surface area contributed by atoms with Gasteiger partial charge in [-0.1, -0.05) is 20.8 Å². The monoisotopic (exact) mass is 255 g/mol. The summed E-state index contributed by atoms with van der Waals surface area (Å²) < 4.78 is 0. The molecular weight excluding hydrogens is 222 g/mol. The Morgan fingerprint density at radius 2 is 1.89 bits per heavy atom. The molecule has 0 spiro atoms. The summed E-state index contributed by atoms with van der Waals surface area (Å²) in [5.74, 6) is 0. The smallest absolute Gasteiger partial charge is 0.0107 e. The summed E-state index contributed by atoms with van der Waals surface area (Å²) in [6.45, 7) is 15.4. The number of nitrogens with one attached hydrogen (secondary N) is 1. The highest BCUT2D eigenvalue weighted by Gasteiger charge is 2.15. The van der Waals surface area contributed by atoms with Gasteiger partial charge in [0, 0.05) is 19.1 Å². The van der Waals surface area contributed by atoms with Gasteiger partial charge in [-0.05, 0) is 58.4 Å². The molecule has 18 heavy (non-hydrogen) atoms. The van der Waals surface area contributed by atoms with Crippen LogP contribution in [0.5, 0.6) is 0 Å². The quantitative estimate of drug-likeness (QED) is 0.717. The first-order valence-electron chi connectivity index (χ1n) is 7.98. The van der Waals surface area contributed by atoms with Gasteiger partial charge in [0.05, 0.1) is 0 Å². The zero-order valence-corrected chi connectivity index (χ0v) is 12.7. The molecule has 1 aliphatic rings. The van der Waals surface area contributed by atoms with E-state index in [4.69, 9.17) is 0 Å². The topological polar surface area (TPSA) is 18.5 Å². The molecule has 1 saturated heterocycles. The second kappa shape index (κ2) is 9.76. The van der Waals surface area contributed by atoms with Gasteiger partial charge in [-0.25, -0.2) is 0 Å². The molecule has 0 aromatic rings. The summed E-state index contributed by atoms with van der Waals surface area (Å²) >= 11 is 0. The van der Waals surface area contributed by atoms with Gasteiger partial charge in [-0.15, -0.1) is 0 Å². The minimum Gasteiger partial charge on any atom is -0.313 e. The predicted octanol–water partition coefficient (Wildman–Crippen LogP) is 2.18. The summed E-state index contributed by atoms with van der Waals surface area (Å²) in [7, 11) is 0. The largest absolute Gasteiger partial charge is 0.313 e. The first kappa shape index (κ1) is 15.9. The van der Waals surface area contributed by atoms with Crippen LogP contribution in [0.3, 0.4) is 0 Å². The van der Waals surface area contributed by atoms with Crippen molar-refractivity contribution in [3.05, 3.63) is 0 Å². The first-order chi connectivity index (χ1) is 8.80. The molecule has 1 rings (SSSR count). The van der Waals surface area contributed by atoms with Gasteiger partial charge >= 0.3 is 0 Å². The van der Waals surface area contributed by atoms with Crippen LogP contribution in [-0.2, 0) is 0 Å². The minimum absolute atomic E-state index is 0.752. The number of rotatable bonds is 8. The molecule has 0 saturated carbocycles. The maximum absolute atomic E-state index is 3.76. The molecule has 0 aromatic carbocycles. The molecule has 0 bridgehead atoms. The Balaban J connectivity index is 2.15. The lowest BCUT2D eigenvalue weighted by Gasteiger charge is -2.22. The van der Waals surface area contributed by atoms with E-state index in [-0.39, 0.29) is 0 Å². The number of hydrogen-bond donors (Lipinski definition) is 1. The van der Waals surface area contributed by atoms with Crippen LogP contribution in [0.15, 0.2) is 0 Å². The lowest BCUT2D eigenvalue weighted by molar-refractivity contribution is 0.277. The molecule has 1 fully saturated rings. The van der Waals surface area contributed by atoms with Crippen LogP contribution in [-0.4, -0.2) is 61.7 Å². The van der Waals surface area contributed by atoms with Crippen molar-refractivity contribution in [2.45, 2.75) is 52.5 Å². The van der Waals surface area contributed by atoms with E-state index in [0.29, 0.717) is 0 Å². The van der Waals surface area contributed by atoms with Crippen molar-refractivity contribution < 1.29 is 0 Å². The fraction of sp³-hybridized carbons (Fsp3) is 1.00. The molecule has 3 heteroatoms. The van der Waals surface area contributed by atoms with Gasteiger partial charge in [0.15, 0.2) is 0 Å². The lowest BCUT2D eigenvalue weighted by Crippen LogP contribution is -2.37. The van der Waals surface area contributed by atoms with Crippen molar-refractivity contribution >= 4 is 0 Å². The molecule has 3 nitrogen and oxygen atoms in total. The normalized spacial score (nSPS) is 22.3. The molecule has 0 aliphatic carbocycles. The third kappa shape index (κ3) is 6.17. The average molecular weight is 255 g/mol. The van der Waals surface area contributed by atoms with Gasteiger partial charge < -0.3 is 15.1 Å². The highest BCUT2D eigenvalue weighted by molar-refractivity contribution is 4.75. The Hall–Kier alpha value is -0.120. The SMILES string of the molecule is CCCN1CCCC(NCCN(CC)CC)CC1. The zero-order valence-electron chi connectivity index (χ0n) is 12.7. The highest BCUT2D eigenvalue weighted by atomic mass is 15.1. The minimum atomic E-state index is 0.752. The van der Waals surface area contributed by atoms with E-state index in [1.54, 1.807) is 0 Å². The summed E-state index contributed by atoms with van der Waals surface area (Å²) in [5.41, 5.74) is 0. The molecule has 0 radical (unpaired) electrons. The second-order valence-electron chi connectivity index (χ2n) is 5.45. The fourth-order valence-corrected chi connectivity index (χ4v) is 2.87. The summed E-state index contributed by atoms with van der Waals surface area (Å²) in [5, 5.41) is 3.76. The highest BCUT2D eigenvalue weighted by Crippen LogP contribution is 2.11. The average Bonchev–Trinajstić information content (AvgIpc) is 2.61. The second-order valence-corrected chi connectivity index (χ2v) is 5.45. The molecule has 1 unspecified atom stereocenters. The summed E-state index contributed by atoms with van der Waals surface area (Å²) in [6.07, 6.45) is 5.35. The molecule has 0 amide bonds. The Morgan fingerprint density at radius 1 is 1.11 bits per heavy atom. The maximum Gasteiger partial charge on any atom is 0.0107 e. The van der Waals surface area contributed by atoms with Gasteiger partial charge in [-0.3, -0.25) is 0 Å². The number of nitrogens with zero attached hydrogens (tertiary/aromatic N) is 2. The van der Waals surface area contributed by atoms with Crippen molar-refractivity contribution in [3.8, 4) is 0 Å². The van der Waals surface area contributed by atoms with E-state index >= 15 is 0 Å². The Morgan fingerprint density at radius 3 is 2.56 bits per heavy atom. The van der Waals surface area contributed by atoms with Crippen LogP contribution >= 0.6 is 0 Å². The van der Waals surface area contributed by atoms with Gasteiger partial charge in [0.2, 0.25) is 0 Å². The van der Waals surface area contributed by atoms with Crippen LogP contribution in [0.2, 0.25) is 0 Å². The van der Waals surface area contributed by atoms with E-state index < -0.39 is 0 Å². The molecule has 1 heterocycles. The number of likely N-dealkylation sites (tertiary alicyclic amines) is 1. The van der Waals surface area contributed by atoms with Crippen LogP contribution < -0.4 is 5.32 Å². The van der Waals surface area contributed by atoms with Crippen LogP contribution in [0, 0.1) is 0 Å². The molecule has 1 atom stereocenters. The van der Waals surface area contributed by atoms with E-state index in [0.717, 1.165) is 12.6 Å². The van der Waals surface area contributed by atoms with E-state index in [2.05, 4.69) is 35.9 Å². The zero-order chi connectivity index (χ0) is 13.2. The first-order valence-corrected chi connectivity index (χ1v) is 7.98.